The van der Waals surface area contributed by atoms with Crippen LogP contribution in [0.3, 0.4) is 0 Å². The number of hydrogen-bond acceptors (Lipinski definition) is 1. The van der Waals surface area contributed by atoms with Gasteiger partial charge in [0.15, 0.2) is 0 Å². The van der Waals surface area contributed by atoms with E-state index >= 15 is 0 Å². The summed E-state index contributed by atoms with van der Waals surface area (Å²) in [6.45, 7) is 2.32. The highest BCUT2D eigenvalue weighted by Gasteiger charge is 2.26. The van der Waals surface area contributed by atoms with E-state index in [2.05, 4.69) is 116 Å². The first kappa shape index (κ1) is 25.8. The number of benzene rings is 3. The summed E-state index contributed by atoms with van der Waals surface area (Å²) >= 11 is 0. The van der Waals surface area contributed by atoms with Crippen molar-refractivity contribution in [3.8, 4) is 0 Å². The largest absolute Gasteiger partial charge is 0.367 e. The highest BCUT2D eigenvalue weighted by molar-refractivity contribution is 5.97. The van der Waals surface area contributed by atoms with Gasteiger partial charge in [-0.3, -0.25) is 0 Å². The Bertz CT molecular complexity index is 1950. The van der Waals surface area contributed by atoms with Crippen molar-refractivity contribution in [1.82, 2.24) is 5.32 Å². The van der Waals surface area contributed by atoms with Crippen LogP contribution in [0.2, 0.25) is 0 Å². The van der Waals surface area contributed by atoms with Gasteiger partial charge in [-0.25, -0.2) is 0 Å². The first-order valence-electron chi connectivity index (χ1n) is 16.3. The minimum Gasteiger partial charge on any atom is -0.367 e. The standard InChI is InChI=1S/C41H41N/c1-27-10-17-38-36(20-27)25-41(40-9-5-4-8-39(38)40)35-18-19-42-26-37(24-35)34-16-15-32-22-31(13-14-33(32)23-34)30-12-11-28-6-2-3-7-29(28)21-30/h4-5,8-9,13-15,17-28,30,34,42H,2-3,6-7,10-12,16H2,1H3. The molecule has 1 N–H and O–H groups in total. The SMILES string of the molecule is CC1C=c2cc(C3=CC(C4C=c5ccc(C6C=C7CCCCC7CC6)cc5=CC4)=CNC=C3)c3ccccc3c2=CC1. The molecule has 1 heterocycles. The van der Waals surface area contributed by atoms with Gasteiger partial charge in [0.25, 0.3) is 0 Å². The Hall–Kier alpha value is -3.84. The fourth-order valence-electron chi connectivity index (χ4n) is 8.20. The Morgan fingerprint density at radius 3 is 2.64 bits per heavy atom. The minimum atomic E-state index is 0.356. The first-order chi connectivity index (χ1) is 20.7. The molecule has 8 rings (SSSR count). The summed E-state index contributed by atoms with van der Waals surface area (Å²) < 4.78 is 0. The topological polar surface area (TPSA) is 12.0 Å². The maximum absolute atomic E-state index is 3.46. The van der Waals surface area contributed by atoms with Crippen molar-refractivity contribution in [3.05, 3.63) is 122 Å². The number of hydrogen-bond donors (Lipinski definition) is 1. The maximum Gasteiger partial charge on any atom is 0.00765 e. The summed E-state index contributed by atoms with van der Waals surface area (Å²) in [6.07, 6.45) is 31.9. The van der Waals surface area contributed by atoms with Gasteiger partial charge in [0.1, 0.15) is 0 Å². The zero-order chi connectivity index (χ0) is 28.0. The van der Waals surface area contributed by atoms with E-state index in [1.165, 1.54) is 92.4 Å². The van der Waals surface area contributed by atoms with Crippen LogP contribution in [-0.4, -0.2) is 0 Å². The molecular weight excluding hydrogens is 506 g/mol. The van der Waals surface area contributed by atoms with Gasteiger partial charge < -0.3 is 5.32 Å². The lowest BCUT2D eigenvalue weighted by atomic mass is 9.73. The average Bonchev–Trinajstić information content (AvgIpc) is 3.30. The number of rotatable bonds is 3. The van der Waals surface area contributed by atoms with Crippen LogP contribution >= 0.6 is 0 Å². The second-order valence-corrected chi connectivity index (χ2v) is 13.3. The third-order valence-corrected chi connectivity index (χ3v) is 10.5. The second-order valence-electron chi connectivity index (χ2n) is 13.3. The van der Waals surface area contributed by atoms with Crippen LogP contribution in [0.5, 0.6) is 0 Å². The Morgan fingerprint density at radius 2 is 1.69 bits per heavy atom. The molecule has 1 heteroatoms. The summed E-state index contributed by atoms with van der Waals surface area (Å²) in [5.41, 5.74) is 7.20. The van der Waals surface area contributed by atoms with Gasteiger partial charge in [0.05, 0.1) is 0 Å². The predicted molar refractivity (Wildman–Crippen MR) is 179 cm³/mol. The molecular formula is C41H41N. The van der Waals surface area contributed by atoms with E-state index in [9.17, 15) is 0 Å². The third-order valence-electron chi connectivity index (χ3n) is 10.5. The minimum absolute atomic E-state index is 0.356. The van der Waals surface area contributed by atoms with E-state index in [1.54, 1.807) is 5.57 Å². The molecule has 4 aliphatic carbocycles. The van der Waals surface area contributed by atoms with E-state index in [-0.39, 0.29) is 0 Å². The van der Waals surface area contributed by atoms with E-state index in [4.69, 9.17) is 0 Å². The fraction of sp³-hybridized carbons (Fsp3) is 0.317. The second kappa shape index (κ2) is 10.8. The van der Waals surface area contributed by atoms with Gasteiger partial charge in [-0.15, -0.1) is 0 Å². The molecule has 1 aliphatic heterocycles. The fourth-order valence-corrected chi connectivity index (χ4v) is 8.20. The van der Waals surface area contributed by atoms with Crippen molar-refractivity contribution in [2.45, 2.75) is 64.2 Å². The molecule has 4 unspecified atom stereocenters. The van der Waals surface area contributed by atoms with Crippen LogP contribution < -0.4 is 26.2 Å². The van der Waals surface area contributed by atoms with Gasteiger partial charge in [-0.1, -0.05) is 91.8 Å². The van der Waals surface area contributed by atoms with Gasteiger partial charge >= 0.3 is 0 Å². The summed E-state index contributed by atoms with van der Waals surface area (Å²) in [5.74, 6) is 2.41. The van der Waals surface area contributed by atoms with Gasteiger partial charge in [-0.2, -0.15) is 0 Å². The molecule has 0 saturated heterocycles. The van der Waals surface area contributed by atoms with Crippen LogP contribution in [0.15, 0.2) is 90.3 Å². The molecule has 1 nitrogen and oxygen atoms in total. The van der Waals surface area contributed by atoms with Crippen LogP contribution in [0.25, 0.3) is 40.6 Å². The van der Waals surface area contributed by atoms with E-state index in [0.717, 1.165) is 18.8 Å². The van der Waals surface area contributed by atoms with Crippen LogP contribution in [-0.2, 0) is 0 Å². The normalized spacial score (nSPS) is 26.3. The average molecular weight is 548 g/mol. The van der Waals surface area contributed by atoms with E-state index in [0.29, 0.717) is 17.8 Å². The van der Waals surface area contributed by atoms with Crippen LogP contribution in [0.4, 0.5) is 0 Å². The van der Waals surface area contributed by atoms with Crippen LogP contribution in [0, 0.1) is 17.8 Å². The lowest BCUT2D eigenvalue weighted by Crippen LogP contribution is -2.30. The van der Waals surface area contributed by atoms with Crippen molar-refractivity contribution >= 4 is 40.6 Å². The summed E-state index contributed by atoms with van der Waals surface area (Å²) in [6, 6.07) is 18.6. The quantitative estimate of drug-likeness (QED) is 0.345. The van der Waals surface area contributed by atoms with E-state index < -0.39 is 0 Å². The molecule has 5 aliphatic rings. The zero-order valence-electron chi connectivity index (χ0n) is 24.8. The monoisotopic (exact) mass is 547 g/mol. The summed E-state index contributed by atoms with van der Waals surface area (Å²) in [7, 11) is 0. The molecule has 3 aromatic carbocycles. The Labute approximate surface area is 249 Å². The molecule has 1 fully saturated rings. The molecule has 210 valence electrons. The molecule has 0 amide bonds. The lowest BCUT2D eigenvalue weighted by molar-refractivity contribution is 0.389. The van der Waals surface area contributed by atoms with Gasteiger partial charge in [0.2, 0.25) is 0 Å². The summed E-state index contributed by atoms with van der Waals surface area (Å²) in [5, 5.41) is 11.7. The van der Waals surface area contributed by atoms with Gasteiger partial charge in [-0.05, 0) is 129 Å². The molecule has 3 aromatic rings. The number of nitrogens with one attached hydrogen (secondary N) is 1. The highest BCUT2D eigenvalue weighted by Crippen LogP contribution is 2.41. The first-order valence-corrected chi connectivity index (χ1v) is 16.3. The molecule has 0 aromatic heterocycles. The van der Waals surface area contributed by atoms with Crippen molar-refractivity contribution in [2.24, 2.45) is 17.8 Å². The van der Waals surface area contributed by atoms with Crippen molar-refractivity contribution in [1.29, 1.82) is 0 Å². The van der Waals surface area contributed by atoms with Crippen molar-refractivity contribution in [3.63, 3.8) is 0 Å². The van der Waals surface area contributed by atoms with Crippen molar-refractivity contribution in [2.75, 3.05) is 0 Å². The zero-order valence-corrected chi connectivity index (χ0v) is 24.8. The van der Waals surface area contributed by atoms with Crippen molar-refractivity contribution < 1.29 is 0 Å². The molecule has 0 radical (unpaired) electrons. The van der Waals surface area contributed by atoms with E-state index in [1.807, 2.05) is 0 Å². The molecule has 0 bridgehead atoms. The molecule has 4 atom stereocenters. The third kappa shape index (κ3) is 4.74. The predicted octanol–water partition coefficient (Wildman–Crippen LogP) is 7.10. The van der Waals surface area contributed by atoms with Crippen LogP contribution in [0.1, 0.15) is 75.3 Å². The number of allylic oxidation sites excluding steroid dienone is 6. The molecule has 42 heavy (non-hydrogen) atoms. The lowest BCUT2D eigenvalue weighted by Gasteiger charge is -2.32. The van der Waals surface area contributed by atoms with Gasteiger partial charge in [0, 0.05) is 24.2 Å². The summed E-state index contributed by atoms with van der Waals surface area (Å²) in [4.78, 5) is 0. The Kier molecular flexibility index (Phi) is 6.63. The molecule has 0 spiro atoms. The Morgan fingerprint density at radius 1 is 0.762 bits per heavy atom. The maximum atomic E-state index is 3.46. The Balaban J connectivity index is 1.13. The highest BCUT2D eigenvalue weighted by atomic mass is 14.8. The molecule has 1 saturated carbocycles. The number of fused-ring (bicyclic) bond motifs is 5. The smallest absolute Gasteiger partial charge is 0.00765 e.